The molecule has 2 aromatic heterocycles. The van der Waals surface area contributed by atoms with E-state index in [4.69, 9.17) is 17.0 Å². The Kier molecular flexibility index (Phi) is 6.93. The number of fused-ring (bicyclic) bond motifs is 1. The number of benzene rings is 1. The Balaban J connectivity index is 1.56. The smallest absolute Gasteiger partial charge is 0.339 e. The van der Waals surface area contributed by atoms with Gasteiger partial charge in [0.25, 0.3) is 11.8 Å². The van der Waals surface area contributed by atoms with E-state index in [1.165, 1.54) is 16.2 Å². The van der Waals surface area contributed by atoms with Crippen molar-refractivity contribution in [3.05, 3.63) is 68.9 Å². The fourth-order valence-electron chi connectivity index (χ4n) is 5.10. The molecule has 0 saturated carbocycles. The third-order valence-electron chi connectivity index (χ3n) is 6.83. The zero-order valence-corrected chi connectivity index (χ0v) is 22.9. The van der Waals surface area contributed by atoms with Crippen molar-refractivity contribution in [1.29, 1.82) is 0 Å². The number of carbonyl (C=O) groups excluding carboxylic acids is 2. The van der Waals surface area contributed by atoms with Crippen LogP contribution in [0.3, 0.4) is 0 Å². The van der Waals surface area contributed by atoms with E-state index in [1.54, 1.807) is 30.3 Å². The summed E-state index contributed by atoms with van der Waals surface area (Å²) in [7, 11) is 0. The molecule has 38 heavy (non-hydrogen) atoms. The Morgan fingerprint density at radius 2 is 1.97 bits per heavy atom. The van der Waals surface area contributed by atoms with Gasteiger partial charge < -0.3 is 14.4 Å². The normalized spacial score (nSPS) is 16.6. The van der Waals surface area contributed by atoms with Crippen molar-refractivity contribution < 1.29 is 24.2 Å². The number of hydrogen-bond acceptors (Lipinski definition) is 6. The lowest BCUT2D eigenvalue weighted by Gasteiger charge is -2.29. The number of hydrogen-bond donors (Lipinski definition) is 2. The van der Waals surface area contributed by atoms with Gasteiger partial charge in [0, 0.05) is 22.3 Å². The van der Waals surface area contributed by atoms with Crippen LogP contribution in [0, 0.1) is 13.8 Å². The number of carboxylic acids is 1. The van der Waals surface area contributed by atoms with Crippen LogP contribution in [0.2, 0.25) is 0 Å². The average molecular weight is 550 g/mol. The van der Waals surface area contributed by atoms with Crippen LogP contribution in [0.1, 0.15) is 57.5 Å². The predicted molar refractivity (Wildman–Crippen MR) is 151 cm³/mol. The van der Waals surface area contributed by atoms with E-state index in [9.17, 15) is 19.5 Å². The second-order valence-electron chi connectivity index (χ2n) is 9.25. The van der Waals surface area contributed by atoms with Crippen LogP contribution in [-0.4, -0.2) is 39.2 Å². The van der Waals surface area contributed by atoms with Crippen LogP contribution in [0.15, 0.2) is 35.9 Å². The van der Waals surface area contributed by atoms with Gasteiger partial charge in [-0.15, -0.1) is 11.3 Å². The van der Waals surface area contributed by atoms with Crippen LogP contribution < -0.4 is 15.0 Å². The maximum Gasteiger partial charge on any atom is 0.339 e. The number of nitrogens with one attached hydrogen (secondary N) is 1. The lowest BCUT2D eigenvalue weighted by atomic mass is 9.95. The maximum atomic E-state index is 13.6. The van der Waals surface area contributed by atoms with E-state index < -0.39 is 17.8 Å². The van der Waals surface area contributed by atoms with Crippen LogP contribution >= 0.6 is 23.6 Å². The molecular formula is C28H27N3O5S2. The minimum absolute atomic E-state index is 0.00784. The lowest BCUT2D eigenvalue weighted by Crippen LogP contribution is -2.54. The van der Waals surface area contributed by atoms with E-state index in [2.05, 4.69) is 5.32 Å². The van der Waals surface area contributed by atoms with Crippen molar-refractivity contribution in [2.45, 2.75) is 46.5 Å². The highest BCUT2D eigenvalue weighted by Crippen LogP contribution is 2.39. The predicted octanol–water partition coefficient (Wildman–Crippen LogP) is 4.96. The second kappa shape index (κ2) is 10.2. The van der Waals surface area contributed by atoms with Gasteiger partial charge in [0.05, 0.1) is 17.9 Å². The minimum Gasteiger partial charge on any atom is -0.494 e. The van der Waals surface area contributed by atoms with Crippen molar-refractivity contribution in [3.8, 4) is 10.8 Å². The molecule has 5 rings (SSSR count). The summed E-state index contributed by atoms with van der Waals surface area (Å²) in [6.07, 6.45) is 5.22. The molecule has 8 nitrogen and oxygen atoms in total. The van der Waals surface area contributed by atoms with E-state index in [1.807, 2.05) is 31.4 Å². The minimum atomic E-state index is -0.938. The number of aromatic nitrogens is 1. The molecule has 0 bridgehead atoms. The maximum absolute atomic E-state index is 13.6. The quantitative estimate of drug-likeness (QED) is 0.256. The molecule has 1 aromatic carbocycles. The molecule has 0 spiro atoms. The number of rotatable bonds is 6. The molecule has 0 atom stereocenters. The number of anilines is 1. The van der Waals surface area contributed by atoms with Crippen LogP contribution in [0.25, 0.3) is 11.1 Å². The molecule has 1 aliphatic carbocycles. The number of aromatic carboxylic acids is 1. The topological polar surface area (TPSA) is 101 Å². The first-order valence-corrected chi connectivity index (χ1v) is 13.6. The molecule has 0 unspecified atom stereocenters. The van der Waals surface area contributed by atoms with Crippen molar-refractivity contribution in [2.24, 2.45) is 0 Å². The molecule has 196 valence electrons. The number of ether oxygens (including phenoxy) is 1. The van der Waals surface area contributed by atoms with E-state index in [-0.39, 0.29) is 10.7 Å². The van der Waals surface area contributed by atoms with Crippen molar-refractivity contribution in [1.82, 2.24) is 9.88 Å². The van der Waals surface area contributed by atoms with Gasteiger partial charge in [0.2, 0.25) is 0 Å². The lowest BCUT2D eigenvalue weighted by molar-refractivity contribution is -0.122. The molecule has 2 N–H and O–H groups in total. The third-order valence-corrected chi connectivity index (χ3v) is 8.39. The van der Waals surface area contributed by atoms with Crippen LogP contribution in [0.4, 0.5) is 5.69 Å². The Labute approximate surface area is 229 Å². The van der Waals surface area contributed by atoms with Gasteiger partial charge >= 0.3 is 5.97 Å². The Hall–Kier alpha value is -3.76. The molecule has 3 heterocycles. The zero-order valence-electron chi connectivity index (χ0n) is 21.3. The van der Waals surface area contributed by atoms with Gasteiger partial charge in [-0.05, 0) is 94.1 Å². The zero-order chi connectivity index (χ0) is 27.1. The van der Waals surface area contributed by atoms with Gasteiger partial charge in [-0.1, -0.05) is 6.07 Å². The number of nitrogens with zero attached hydrogens (tertiary/aromatic N) is 2. The molecule has 1 saturated heterocycles. The fourth-order valence-corrected chi connectivity index (χ4v) is 6.88. The number of amides is 2. The average Bonchev–Trinajstić information content (AvgIpc) is 3.38. The number of aryl methyl sites for hydroxylation is 2. The molecule has 3 aromatic rings. The first kappa shape index (κ1) is 25.9. The molecule has 0 radical (unpaired) electrons. The van der Waals surface area contributed by atoms with Gasteiger partial charge in [-0.2, -0.15) is 0 Å². The number of carbonyl (C=O) groups is 3. The number of thiocarbonyl (C=S) groups is 1. The highest BCUT2D eigenvalue weighted by atomic mass is 32.1. The summed E-state index contributed by atoms with van der Waals surface area (Å²) in [6.45, 7) is 6.09. The Morgan fingerprint density at radius 3 is 2.71 bits per heavy atom. The Morgan fingerprint density at radius 1 is 1.21 bits per heavy atom. The van der Waals surface area contributed by atoms with Crippen LogP contribution in [-0.2, 0) is 22.4 Å². The first-order chi connectivity index (χ1) is 18.2. The highest BCUT2D eigenvalue weighted by Gasteiger charge is 2.35. The largest absolute Gasteiger partial charge is 0.494 e. The second-order valence-corrected chi connectivity index (χ2v) is 10.7. The highest BCUT2D eigenvalue weighted by molar-refractivity contribution is 7.80. The SMILES string of the molecule is CCOc1cccc(N2C(=O)/C(=C/c3cc(C)n(-c4sc5c(c4C(=O)O)CCCC5)c3C)C(=O)NC2=S)c1. The number of thiophene rings is 1. The molecule has 10 heteroatoms. The van der Waals surface area contributed by atoms with Gasteiger partial charge in [-0.25, -0.2) is 4.79 Å². The summed E-state index contributed by atoms with van der Waals surface area (Å²) >= 11 is 6.84. The summed E-state index contributed by atoms with van der Waals surface area (Å²) < 4.78 is 7.47. The van der Waals surface area contributed by atoms with Crippen molar-refractivity contribution in [2.75, 3.05) is 11.5 Å². The molecule has 2 aliphatic rings. The molecule has 1 fully saturated rings. The van der Waals surface area contributed by atoms with Gasteiger partial charge in [0.1, 0.15) is 16.3 Å². The van der Waals surface area contributed by atoms with Crippen molar-refractivity contribution in [3.63, 3.8) is 0 Å². The standard InChI is InChI=1S/C28H27N3O5S2/c1-4-36-19-9-7-8-18(14-19)31-25(33)21(24(32)29-28(31)37)13-17-12-15(2)30(16(17)3)26-23(27(34)35)20-10-5-6-11-22(20)38-26/h7-9,12-14H,4-6,10-11H2,1-3H3,(H,34,35)(H,29,32,37)/b21-13+. The Bertz CT molecular complexity index is 1530. The number of carboxylic acid groups (broad SMARTS) is 1. The van der Waals surface area contributed by atoms with E-state index in [0.717, 1.165) is 47.5 Å². The summed E-state index contributed by atoms with van der Waals surface area (Å²) in [5, 5.41) is 13.3. The molecule has 2 amide bonds. The van der Waals surface area contributed by atoms with E-state index in [0.29, 0.717) is 34.2 Å². The van der Waals surface area contributed by atoms with Crippen LogP contribution in [0.5, 0.6) is 5.75 Å². The van der Waals surface area contributed by atoms with Crippen molar-refractivity contribution >= 4 is 58.2 Å². The fraction of sp³-hybridized carbons (Fsp3) is 0.286. The third kappa shape index (κ3) is 4.43. The summed E-state index contributed by atoms with van der Waals surface area (Å²) in [4.78, 5) is 41.1. The summed E-state index contributed by atoms with van der Waals surface area (Å²) in [5.41, 5.74) is 3.91. The molecular weight excluding hydrogens is 522 g/mol. The summed E-state index contributed by atoms with van der Waals surface area (Å²) in [5.74, 6) is -1.48. The molecule has 1 aliphatic heterocycles. The van der Waals surface area contributed by atoms with Gasteiger partial charge in [0.15, 0.2) is 5.11 Å². The monoisotopic (exact) mass is 549 g/mol. The van der Waals surface area contributed by atoms with E-state index >= 15 is 0 Å². The van der Waals surface area contributed by atoms with Gasteiger partial charge in [-0.3, -0.25) is 19.8 Å². The first-order valence-electron chi connectivity index (χ1n) is 12.4. The summed E-state index contributed by atoms with van der Waals surface area (Å²) in [6, 6.07) is 8.81.